The van der Waals surface area contributed by atoms with Gasteiger partial charge in [-0.25, -0.2) is 9.78 Å². The number of amides is 1. The molecular formula is C17H20N2O5S. The Balaban J connectivity index is 1.69. The van der Waals surface area contributed by atoms with E-state index in [4.69, 9.17) is 14.6 Å². The van der Waals surface area contributed by atoms with Gasteiger partial charge in [-0.15, -0.1) is 11.3 Å². The second kappa shape index (κ2) is 9.14. The molecule has 0 aliphatic carbocycles. The molecule has 2 N–H and O–H groups in total. The highest BCUT2D eigenvalue weighted by molar-refractivity contribution is 7.13. The number of nitrogens with one attached hydrogen (secondary N) is 1. The van der Waals surface area contributed by atoms with Crippen molar-refractivity contribution in [2.75, 3.05) is 19.8 Å². The van der Waals surface area contributed by atoms with Crippen LogP contribution in [0.25, 0.3) is 0 Å². The van der Waals surface area contributed by atoms with Gasteiger partial charge in [0.1, 0.15) is 28.8 Å². The zero-order valence-electron chi connectivity index (χ0n) is 14.0. The summed E-state index contributed by atoms with van der Waals surface area (Å²) in [6.07, 6.45) is 0. The van der Waals surface area contributed by atoms with Crippen LogP contribution in [0.4, 0.5) is 0 Å². The molecule has 1 unspecified atom stereocenters. The Morgan fingerprint density at radius 3 is 2.64 bits per heavy atom. The molecule has 0 fully saturated rings. The number of aryl methyl sites for hydroxylation is 1. The molecule has 0 bridgehead atoms. The van der Waals surface area contributed by atoms with Gasteiger partial charge in [0.05, 0.1) is 18.3 Å². The number of thiazole rings is 1. The molecule has 1 amide bonds. The molecular weight excluding hydrogens is 344 g/mol. The molecule has 134 valence electrons. The van der Waals surface area contributed by atoms with E-state index < -0.39 is 5.97 Å². The number of ether oxygens (including phenoxy) is 2. The lowest BCUT2D eigenvalue weighted by Gasteiger charge is -2.11. The van der Waals surface area contributed by atoms with Gasteiger partial charge in [-0.3, -0.25) is 4.79 Å². The molecule has 0 radical (unpaired) electrons. The van der Waals surface area contributed by atoms with Crippen LogP contribution in [0.3, 0.4) is 0 Å². The second-order valence-corrected chi connectivity index (χ2v) is 6.31. The first-order valence-corrected chi connectivity index (χ1v) is 8.54. The van der Waals surface area contributed by atoms with Gasteiger partial charge in [-0.05, 0) is 26.0 Å². The first kappa shape index (κ1) is 18.9. The molecule has 7 nitrogen and oxygen atoms in total. The van der Waals surface area contributed by atoms with Gasteiger partial charge < -0.3 is 19.9 Å². The smallest absolute Gasteiger partial charge is 0.347 e. The SMILES string of the molecule is Cc1nc(C(C)NC(=O)COCCOc2ccccc2)sc1C(=O)O. The monoisotopic (exact) mass is 364 g/mol. The first-order valence-electron chi connectivity index (χ1n) is 7.73. The van der Waals surface area contributed by atoms with E-state index in [2.05, 4.69) is 10.3 Å². The molecule has 8 heteroatoms. The Morgan fingerprint density at radius 2 is 2.00 bits per heavy atom. The lowest BCUT2D eigenvalue weighted by atomic mass is 10.3. The minimum Gasteiger partial charge on any atom is -0.491 e. The zero-order chi connectivity index (χ0) is 18.2. The van der Waals surface area contributed by atoms with Gasteiger partial charge in [0.2, 0.25) is 5.91 Å². The van der Waals surface area contributed by atoms with Crippen LogP contribution in [0.2, 0.25) is 0 Å². The number of hydrogen-bond acceptors (Lipinski definition) is 6. The van der Waals surface area contributed by atoms with Crippen LogP contribution in [-0.4, -0.2) is 41.8 Å². The van der Waals surface area contributed by atoms with Crippen molar-refractivity contribution >= 4 is 23.2 Å². The van der Waals surface area contributed by atoms with Crippen molar-refractivity contribution in [1.82, 2.24) is 10.3 Å². The van der Waals surface area contributed by atoms with E-state index in [0.29, 0.717) is 17.3 Å². The number of rotatable bonds is 9. The van der Waals surface area contributed by atoms with Crippen molar-refractivity contribution in [2.24, 2.45) is 0 Å². The first-order chi connectivity index (χ1) is 12.0. The van der Waals surface area contributed by atoms with E-state index in [0.717, 1.165) is 17.1 Å². The third-order valence-electron chi connectivity index (χ3n) is 3.23. The number of aromatic nitrogens is 1. The predicted octanol–water partition coefficient (Wildman–Crippen LogP) is 2.42. The molecule has 0 saturated heterocycles. The summed E-state index contributed by atoms with van der Waals surface area (Å²) < 4.78 is 10.7. The third kappa shape index (κ3) is 5.84. The summed E-state index contributed by atoms with van der Waals surface area (Å²) in [4.78, 5) is 27.3. The number of benzene rings is 1. The number of para-hydroxylation sites is 1. The largest absolute Gasteiger partial charge is 0.491 e. The van der Waals surface area contributed by atoms with Gasteiger partial charge in [0, 0.05) is 0 Å². The van der Waals surface area contributed by atoms with Crippen LogP contribution in [0.1, 0.15) is 33.3 Å². The standard InChI is InChI=1S/C17H20N2O5S/c1-11-15(17(21)22)25-16(19-11)12(2)18-14(20)10-23-8-9-24-13-6-4-3-5-7-13/h3-7,12H,8-10H2,1-2H3,(H,18,20)(H,21,22). The van der Waals surface area contributed by atoms with Crippen LogP contribution in [0, 0.1) is 6.92 Å². The van der Waals surface area contributed by atoms with Crippen LogP contribution >= 0.6 is 11.3 Å². The average molecular weight is 364 g/mol. The van der Waals surface area contributed by atoms with Crippen molar-refractivity contribution in [3.05, 3.63) is 45.9 Å². The fourth-order valence-electron chi connectivity index (χ4n) is 2.05. The van der Waals surface area contributed by atoms with Crippen LogP contribution in [0.15, 0.2) is 30.3 Å². The van der Waals surface area contributed by atoms with E-state index in [-0.39, 0.29) is 30.0 Å². The number of carboxylic acids is 1. The molecule has 1 aromatic heterocycles. The summed E-state index contributed by atoms with van der Waals surface area (Å²) in [5.74, 6) is -0.559. The maximum atomic E-state index is 11.9. The fourth-order valence-corrected chi connectivity index (χ4v) is 2.95. The van der Waals surface area contributed by atoms with Crippen molar-refractivity contribution in [3.63, 3.8) is 0 Å². The molecule has 1 heterocycles. The van der Waals surface area contributed by atoms with Crippen molar-refractivity contribution in [2.45, 2.75) is 19.9 Å². The highest BCUT2D eigenvalue weighted by atomic mass is 32.1. The van der Waals surface area contributed by atoms with Gasteiger partial charge in [0.15, 0.2) is 0 Å². The molecule has 0 spiro atoms. The average Bonchev–Trinajstić information content (AvgIpc) is 2.98. The van der Waals surface area contributed by atoms with Crippen LogP contribution < -0.4 is 10.1 Å². The number of carbonyl (C=O) groups excluding carboxylic acids is 1. The molecule has 2 rings (SSSR count). The summed E-state index contributed by atoms with van der Waals surface area (Å²) >= 11 is 1.06. The number of carboxylic acid groups (broad SMARTS) is 1. The van der Waals surface area contributed by atoms with Crippen molar-refractivity contribution < 1.29 is 24.2 Å². The maximum absolute atomic E-state index is 11.9. The minimum absolute atomic E-state index is 0.0986. The third-order valence-corrected chi connectivity index (χ3v) is 4.56. The number of aromatic carboxylic acids is 1. The predicted molar refractivity (Wildman–Crippen MR) is 93.1 cm³/mol. The molecule has 0 aliphatic rings. The van der Waals surface area contributed by atoms with Gasteiger partial charge >= 0.3 is 5.97 Å². The van der Waals surface area contributed by atoms with E-state index in [1.54, 1.807) is 13.8 Å². The second-order valence-electron chi connectivity index (χ2n) is 5.28. The van der Waals surface area contributed by atoms with E-state index >= 15 is 0 Å². The quantitative estimate of drug-likeness (QED) is 0.663. The lowest BCUT2D eigenvalue weighted by Crippen LogP contribution is -2.30. The van der Waals surface area contributed by atoms with Gasteiger partial charge in [-0.2, -0.15) is 0 Å². The molecule has 0 aliphatic heterocycles. The molecule has 2 aromatic rings. The zero-order valence-corrected chi connectivity index (χ0v) is 14.8. The Hall–Kier alpha value is -2.45. The van der Waals surface area contributed by atoms with Crippen molar-refractivity contribution in [1.29, 1.82) is 0 Å². The topological polar surface area (TPSA) is 97.8 Å². The summed E-state index contributed by atoms with van der Waals surface area (Å²) in [7, 11) is 0. The highest BCUT2D eigenvalue weighted by Crippen LogP contribution is 2.23. The molecule has 25 heavy (non-hydrogen) atoms. The lowest BCUT2D eigenvalue weighted by molar-refractivity contribution is -0.126. The van der Waals surface area contributed by atoms with Gasteiger partial charge in [0.25, 0.3) is 0 Å². The number of nitrogens with zero attached hydrogens (tertiary/aromatic N) is 1. The number of hydrogen-bond donors (Lipinski definition) is 2. The van der Waals surface area contributed by atoms with Gasteiger partial charge in [-0.1, -0.05) is 18.2 Å². The Morgan fingerprint density at radius 1 is 1.28 bits per heavy atom. The summed E-state index contributed by atoms with van der Waals surface area (Å²) in [5.41, 5.74) is 0.447. The Kier molecular flexibility index (Phi) is 6.91. The maximum Gasteiger partial charge on any atom is 0.347 e. The number of carbonyl (C=O) groups is 2. The summed E-state index contributed by atoms with van der Waals surface area (Å²) in [6.45, 7) is 3.92. The minimum atomic E-state index is -1.01. The molecule has 1 atom stereocenters. The van der Waals surface area contributed by atoms with E-state index in [9.17, 15) is 9.59 Å². The van der Waals surface area contributed by atoms with Crippen molar-refractivity contribution in [3.8, 4) is 5.75 Å². The van der Waals surface area contributed by atoms with Crippen LogP contribution in [0.5, 0.6) is 5.75 Å². The van der Waals surface area contributed by atoms with E-state index in [1.165, 1.54) is 0 Å². The Bertz CT molecular complexity index is 717. The van der Waals surface area contributed by atoms with E-state index in [1.807, 2.05) is 30.3 Å². The fraction of sp³-hybridized carbons (Fsp3) is 0.353. The molecule has 1 aromatic carbocycles. The summed E-state index contributed by atoms with van der Waals surface area (Å²) in [6, 6.07) is 8.96. The summed E-state index contributed by atoms with van der Waals surface area (Å²) in [5, 5.41) is 12.3. The molecule has 0 saturated carbocycles. The highest BCUT2D eigenvalue weighted by Gasteiger charge is 2.19. The Labute approximate surface area is 149 Å². The van der Waals surface area contributed by atoms with Crippen LogP contribution in [-0.2, 0) is 9.53 Å². The normalized spacial score (nSPS) is 11.8.